The number of hydrogen-bond donors (Lipinski definition) is 0. The molecule has 0 saturated carbocycles. The van der Waals surface area contributed by atoms with Crippen molar-refractivity contribution in [2.45, 2.75) is 31.6 Å². The van der Waals surface area contributed by atoms with E-state index in [1.807, 2.05) is 0 Å². The molecule has 1 aromatic rings. The zero-order valence-corrected chi connectivity index (χ0v) is 14.4. The zero-order valence-electron chi connectivity index (χ0n) is 13.5. The van der Waals surface area contributed by atoms with Crippen LogP contribution < -0.4 is 0 Å². The van der Waals surface area contributed by atoms with Crippen molar-refractivity contribution in [3.63, 3.8) is 0 Å². The Morgan fingerprint density at radius 1 is 1.41 bits per heavy atom. The predicted molar refractivity (Wildman–Crippen MR) is 85.8 cm³/mol. The number of sulfonamides is 1. The van der Waals surface area contributed by atoms with Crippen molar-refractivity contribution in [3.05, 3.63) is 29.6 Å². The first-order valence-electron chi connectivity index (χ1n) is 7.79. The van der Waals surface area contributed by atoms with Crippen LogP contribution in [0.4, 0.5) is 4.39 Å². The van der Waals surface area contributed by atoms with Gasteiger partial charge in [0.05, 0.1) is 0 Å². The molecule has 6 heteroatoms. The zero-order chi connectivity index (χ0) is 16.3. The molecule has 0 radical (unpaired) electrons. The lowest BCUT2D eigenvalue weighted by Gasteiger charge is -2.21. The summed E-state index contributed by atoms with van der Waals surface area (Å²) in [6.45, 7) is 6.72. The van der Waals surface area contributed by atoms with Crippen molar-refractivity contribution in [1.82, 2.24) is 9.21 Å². The Balaban J connectivity index is 2.08. The van der Waals surface area contributed by atoms with Gasteiger partial charge in [-0.25, -0.2) is 12.8 Å². The molecule has 0 aromatic heterocycles. The Morgan fingerprint density at radius 3 is 2.77 bits per heavy atom. The van der Waals surface area contributed by atoms with Crippen LogP contribution in [0.2, 0.25) is 0 Å². The number of rotatable bonds is 6. The van der Waals surface area contributed by atoms with E-state index in [0.717, 1.165) is 31.5 Å². The SMILES string of the molecule is CCCN(C)C[C@H]1CCN(S(=O)(=O)c2ccc(C)cc2F)C1. The fraction of sp³-hybridized carbons (Fsp3) is 0.625. The lowest BCUT2D eigenvalue weighted by atomic mass is 10.1. The number of hydrogen-bond acceptors (Lipinski definition) is 3. The van der Waals surface area contributed by atoms with E-state index >= 15 is 0 Å². The van der Waals surface area contributed by atoms with Gasteiger partial charge in [0, 0.05) is 19.6 Å². The molecule has 0 amide bonds. The van der Waals surface area contributed by atoms with Crippen LogP contribution >= 0.6 is 0 Å². The average Bonchev–Trinajstić information content (AvgIpc) is 2.87. The largest absolute Gasteiger partial charge is 0.306 e. The Bertz CT molecular complexity index is 619. The first-order valence-corrected chi connectivity index (χ1v) is 9.23. The van der Waals surface area contributed by atoms with Gasteiger partial charge in [0.25, 0.3) is 0 Å². The number of nitrogens with zero attached hydrogens (tertiary/aromatic N) is 2. The van der Waals surface area contributed by atoms with E-state index in [2.05, 4.69) is 18.9 Å². The number of aryl methyl sites for hydroxylation is 1. The van der Waals surface area contributed by atoms with Gasteiger partial charge in [-0.05, 0) is 57.0 Å². The lowest BCUT2D eigenvalue weighted by molar-refractivity contribution is 0.281. The standard InChI is InChI=1S/C16H25FN2O2S/c1-4-8-18(3)11-14-7-9-19(12-14)22(20,21)16-6-5-13(2)10-15(16)17/h5-6,10,14H,4,7-9,11-12H2,1-3H3/t14-/m1/s1. The molecule has 0 N–H and O–H groups in total. The van der Waals surface area contributed by atoms with Crippen LogP contribution in [0.15, 0.2) is 23.1 Å². The van der Waals surface area contributed by atoms with Crippen molar-refractivity contribution in [1.29, 1.82) is 0 Å². The van der Waals surface area contributed by atoms with E-state index in [1.165, 1.54) is 16.4 Å². The highest BCUT2D eigenvalue weighted by atomic mass is 32.2. The summed E-state index contributed by atoms with van der Waals surface area (Å²) in [7, 11) is -1.67. The Kier molecular flexibility index (Phi) is 5.58. The average molecular weight is 328 g/mol. The molecule has 1 fully saturated rings. The first kappa shape index (κ1) is 17.4. The molecule has 0 aliphatic carbocycles. The van der Waals surface area contributed by atoms with Gasteiger partial charge in [-0.1, -0.05) is 13.0 Å². The second kappa shape index (κ2) is 7.06. The Morgan fingerprint density at radius 2 is 2.14 bits per heavy atom. The molecule has 0 bridgehead atoms. The maximum absolute atomic E-state index is 14.0. The lowest BCUT2D eigenvalue weighted by Crippen LogP contribution is -2.32. The van der Waals surface area contributed by atoms with E-state index in [0.29, 0.717) is 19.0 Å². The quantitative estimate of drug-likeness (QED) is 0.805. The molecule has 4 nitrogen and oxygen atoms in total. The van der Waals surface area contributed by atoms with Crippen LogP contribution in [0.5, 0.6) is 0 Å². The fourth-order valence-electron chi connectivity index (χ4n) is 3.03. The van der Waals surface area contributed by atoms with Gasteiger partial charge in [-0.3, -0.25) is 0 Å². The summed E-state index contributed by atoms with van der Waals surface area (Å²) in [4.78, 5) is 2.02. The summed E-state index contributed by atoms with van der Waals surface area (Å²) >= 11 is 0. The third-order valence-corrected chi connectivity index (χ3v) is 6.03. The van der Waals surface area contributed by atoms with Crippen LogP contribution in [0.3, 0.4) is 0 Å². The molecule has 1 atom stereocenters. The molecular weight excluding hydrogens is 303 g/mol. The van der Waals surface area contributed by atoms with Crippen LogP contribution in [0.25, 0.3) is 0 Å². The van der Waals surface area contributed by atoms with Gasteiger partial charge in [0.2, 0.25) is 10.0 Å². The molecule has 1 saturated heterocycles. The fourth-order valence-corrected chi connectivity index (χ4v) is 4.61. The highest BCUT2D eigenvalue weighted by Gasteiger charge is 2.34. The predicted octanol–water partition coefficient (Wildman–Crippen LogP) is 2.49. The highest BCUT2D eigenvalue weighted by molar-refractivity contribution is 7.89. The molecule has 1 aliphatic heterocycles. The van der Waals surface area contributed by atoms with E-state index in [9.17, 15) is 12.8 Å². The van der Waals surface area contributed by atoms with Crippen LogP contribution in [0, 0.1) is 18.7 Å². The van der Waals surface area contributed by atoms with Gasteiger partial charge in [0.1, 0.15) is 10.7 Å². The third-order valence-electron chi connectivity index (χ3n) is 4.13. The molecule has 1 aliphatic rings. The van der Waals surface area contributed by atoms with Crippen molar-refractivity contribution in [2.24, 2.45) is 5.92 Å². The summed E-state index contributed by atoms with van der Waals surface area (Å²) in [6, 6.07) is 4.28. The Labute approximate surface area is 133 Å². The first-order chi connectivity index (χ1) is 10.3. The van der Waals surface area contributed by atoms with E-state index < -0.39 is 15.8 Å². The molecule has 1 heterocycles. The van der Waals surface area contributed by atoms with Crippen LogP contribution in [-0.4, -0.2) is 50.8 Å². The van der Waals surface area contributed by atoms with Gasteiger partial charge >= 0.3 is 0 Å². The number of benzene rings is 1. The summed E-state index contributed by atoms with van der Waals surface area (Å²) in [5.41, 5.74) is 0.719. The maximum Gasteiger partial charge on any atom is 0.245 e. The molecule has 22 heavy (non-hydrogen) atoms. The topological polar surface area (TPSA) is 40.6 Å². The molecule has 2 rings (SSSR count). The van der Waals surface area contributed by atoms with Crippen molar-refractivity contribution < 1.29 is 12.8 Å². The monoisotopic (exact) mass is 328 g/mol. The van der Waals surface area contributed by atoms with Crippen LogP contribution in [-0.2, 0) is 10.0 Å². The summed E-state index contributed by atoms with van der Waals surface area (Å²) in [5, 5.41) is 0. The normalized spacial score (nSPS) is 20.0. The molecule has 1 aromatic carbocycles. The minimum atomic E-state index is -3.73. The van der Waals surface area contributed by atoms with E-state index in [-0.39, 0.29) is 4.90 Å². The summed E-state index contributed by atoms with van der Waals surface area (Å²) in [6.07, 6.45) is 1.92. The second-order valence-corrected chi connectivity index (χ2v) is 8.12. The summed E-state index contributed by atoms with van der Waals surface area (Å²) in [5.74, 6) is -0.341. The highest BCUT2D eigenvalue weighted by Crippen LogP contribution is 2.26. The van der Waals surface area contributed by atoms with E-state index in [4.69, 9.17) is 0 Å². The minimum Gasteiger partial charge on any atom is -0.306 e. The van der Waals surface area contributed by atoms with Crippen molar-refractivity contribution >= 4 is 10.0 Å². The van der Waals surface area contributed by atoms with Crippen molar-refractivity contribution in [3.8, 4) is 0 Å². The third kappa shape index (κ3) is 3.86. The van der Waals surface area contributed by atoms with Gasteiger partial charge in [0.15, 0.2) is 0 Å². The molecule has 0 spiro atoms. The van der Waals surface area contributed by atoms with Gasteiger partial charge in [-0.15, -0.1) is 0 Å². The van der Waals surface area contributed by atoms with Gasteiger partial charge < -0.3 is 4.90 Å². The molecular formula is C16H25FN2O2S. The number of halogens is 1. The smallest absolute Gasteiger partial charge is 0.245 e. The Hall–Kier alpha value is -0.980. The second-order valence-electron chi connectivity index (χ2n) is 6.21. The van der Waals surface area contributed by atoms with E-state index in [1.54, 1.807) is 13.0 Å². The maximum atomic E-state index is 14.0. The van der Waals surface area contributed by atoms with Gasteiger partial charge in [-0.2, -0.15) is 4.31 Å². The minimum absolute atomic E-state index is 0.208. The van der Waals surface area contributed by atoms with Crippen molar-refractivity contribution in [2.75, 3.05) is 33.2 Å². The molecule has 0 unspecified atom stereocenters. The molecule has 124 valence electrons. The van der Waals surface area contributed by atoms with Crippen LogP contribution in [0.1, 0.15) is 25.3 Å². The summed E-state index contributed by atoms with van der Waals surface area (Å²) < 4.78 is 40.6.